The Morgan fingerprint density at radius 3 is 2.38 bits per heavy atom. The van der Waals surface area contributed by atoms with Gasteiger partial charge in [-0.1, -0.05) is 36.4 Å². The van der Waals surface area contributed by atoms with E-state index in [4.69, 9.17) is 0 Å². The lowest BCUT2D eigenvalue weighted by Crippen LogP contribution is -2.41. The van der Waals surface area contributed by atoms with Crippen LogP contribution in [0.5, 0.6) is 0 Å². The molecule has 4 nitrogen and oxygen atoms in total. The van der Waals surface area contributed by atoms with Crippen molar-refractivity contribution < 1.29 is 9.18 Å². The quantitative estimate of drug-likeness (QED) is 0.691. The molecule has 5 heteroatoms. The number of aromatic nitrogens is 1. The van der Waals surface area contributed by atoms with Crippen LogP contribution in [0.25, 0.3) is 10.9 Å². The third-order valence-electron chi connectivity index (χ3n) is 4.74. The first-order chi connectivity index (χ1) is 11.5. The number of halogens is 1. The molecule has 0 unspecified atom stereocenters. The Bertz CT molecular complexity index is 1060. The van der Waals surface area contributed by atoms with Crippen molar-refractivity contribution in [3.8, 4) is 0 Å². The van der Waals surface area contributed by atoms with Crippen LogP contribution in [0.15, 0.2) is 59.4 Å². The van der Waals surface area contributed by atoms with Crippen LogP contribution in [0.3, 0.4) is 0 Å². The molecule has 2 heterocycles. The summed E-state index contributed by atoms with van der Waals surface area (Å²) >= 11 is 0. The van der Waals surface area contributed by atoms with Gasteiger partial charge in [-0.3, -0.25) is 9.59 Å². The van der Waals surface area contributed by atoms with Gasteiger partial charge in [-0.2, -0.15) is 0 Å². The van der Waals surface area contributed by atoms with Crippen molar-refractivity contribution in [3.05, 3.63) is 76.1 Å². The van der Waals surface area contributed by atoms with E-state index >= 15 is 4.39 Å². The van der Waals surface area contributed by atoms with Crippen LogP contribution in [0, 0.1) is 0 Å². The number of benzene rings is 2. The number of hydrogen-bond donors (Lipinski definition) is 0. The van der Waals surface area contributed by atoms with E-state index in [1.165, 1.54) is 22.6 Å². The van der Waals surface area contributed by atoms with Crippen molar-refractivity contribution in [3.63, 3.8) is 0 Å². The Balaban J connectivity index is 2.10. The van der Waals surface area contributed by atoms with E-state index < -0.39 is 17.1 Å². The van der Waals surface area contributed by atoms with E-state index in [2.05, 4.69) is 0 Å². The standard InChI is InChI=1S/C19H15FN2O2/c1-21-15-9-5-3-7-12(15)11-14(17(21)23)19(20)13-8-4-6-10-16(13)22(2)18(19)24/h3-11H,1-2H3/t19-/m1/s1. The van der Waals surface area contributed by atoms with Crippen LogP contribution in [-0.2, 0) is 17.5 Å². The summed E-state index contributed by atoms with van der Waals surface area (Å²) in [5.74, 6) is -0.740. The number of anilines is 1. The minimum Gasteiger partial charge on any atom is -0.312 e. The van der Waals surface area contributed by atoms with Crippen molar-refractivity contribution in [2.75, 3.05) is 11.9 Å². The number of aryl methyl sites for hydroxylation is 1. The average molecular weight is 322 g/mol. The van der Waals surface area contributed by atoms with Crippen LogP contribution < -0.4 is 10.5 Å². The summed E-state index contributed by atoms with van der Waals surface area (Å²) in [4.78, 5) is 26.7. The molecule has 0 fully saturated rings. The second-order valence-electron chi connectivity index (χ2n) is 6.02. The molecule has 0 saturated heterocycles. The number of para-hydroxylation sites is 2. The highest BCUT2D eigenvalue weighted by Crippen LogP contribution is 2.45. The molecule has 0 spiro atoms. The van der Waals surface area contributed by atoms with Gasteiger partial charge in [0.25, 0.3) is 11.5 Å². The molecule has 3 aromatic rings. The molecule has 1 aromatic heterocycles. The molecule has 1 atom stereocenters. The Labute approximate surface area is 137 Å². The molecule has 0 saturated carbocycles. The first-order valence-corrected chi connectivity index (χ1v) is 7.62. The maximum absolute atomic E-state index is 16.0. The normalized spacial score (nSPS) is 19.8. The molecule has 0 aliphatic carbocycles. The maximum atomic E-state index is 16.0. The zero-order valence-electron chi connectivity index (χ0n) is 13.3. The van der Waals surface area contributed by atoms with E-state index in [0.29, 0.717) is 16.6 Å². The lowest BCUT2D eigenvalue weighted by Gasteiger charge is -2.20. The molecule has 24 heavy (non-hydrogen) atoms. The van der Waals surface area contributed by atoms with Gasteiger partial charge in [-0.15, -0.1) is 0 Å². The summed E-state index contributed by atoms with van der Waals surface area (Å²) in [5, 5.41) is 0.714. The number of hydrogen-bond acceptors (Lipinski definition) is 2. The van der Waals surface area contributed by atoms with Crippen molar-refractivity contribution >= 4 is 22.5 Å². The third kappa shape index (κ3) is 1.67. The van der Waals surface area contributed by atoms with Crippen LogP contribution >= 0.6 is 0 Å². The van der Waals surface area contributed by atoms with E-state index in [0.717, 1.165) is 0 Å². The SMILES string of the molecule is CN1C(=O)[C@](F)(c2cc3ccccc3n(C)c2=O)c2ccccc21. The number of likely N-dealkylation sites (N-methyl/N-ethyl adjacent to an activating group) is 1. The molecule has 0 N–H and O–H groups in total. The molecule has 1 aliphatic heterocycles. The average Bonchev–Trinajstić information content (AvgIpc) is 2.81. The van der Waals surface area contributed by atoms with Gasteiger partial charge >= 0.3 is 0 Å². The minimum absolute atomic E-state index is 0.148. The van der Waals surface area contributed by atoms with Crippen LogP contribution in [0.2, 0.25) is 0 Å². The van der Waals surface area contributed by atoms with Crippen molar-refractivity contribution in [2.24, 2.45) is 7.05 Å². The number of alkyl halides is 1. The lowest BCUT2D eigenvalue weighted by atomic mass is 9.89. The molecule has 120 valence electrons. The predicted octanol–water partition coefficient (Wildman–Crippen LogP) is 2.73. The van der Waals surface area contributed by atoms with E-state index in [9.17, 15) is 9.59 Å². The van der Waals surface area contributed by atoms with Gasteiger partial charge in [0.15, 0.2) is 0 Å². The molecule has 2 aromatic carbocycles. The van der Waals surface area contributed by atoms with Crippen molar-refractivity contribution in [2.45, 2.75) is 5.67 Å². The van der Waals surface area contributed by atoms with E-state index in [1.807, 2.05) is 12.1 Å². The highest BCUT2D eigenvalue weighted by Gasteiger charge is 2.53. The Morgan fingerprint density at radius 1 is 0.917 bits per heavy atom. The maximum Gasteiger partial charge on any atom is 0.274 e. The fourth-order valence-corrected chi connectivity index (χ4v) is 3.44. The van der Waals surface area contributed by atoms with Gasteiger partial charge in [0, 0.05) is 19.7 Å². The highest BCUT2D eigenvalue weighted by atomic mass is 19.1. The topological polar surface area (TPSA) is 42.3 Å². The first-order valence-electron chi connectivity index (χ1n) is 7.62. The smallest absolute Gasteiger partial charge is 0.274 e. The highest BCUT2D eigenvalue weighted by molar-refractivity contribution is 6.09. The van der Waals surface area contributed by atoms with Gasteiger partial charge in [-0.25, -0.2) is 4.39 Å². The molecular weight excluding hydrogens is 307 g/mol. The van der Waals surface area contributed by atoms with Gasteiger partial charge in [0.05, 0.1) is 16.8 Å². The number of amides is 1. The number of pyridine rings is 1. The van der Waals surface area contributed by atoms with Gasteiger partial charge in [-0.05, 0) is 23.6 Å². The molecule has 1 amide bonds. The lowest BCUT2D eigenvalue weighted by molar-refractivity contribution is -0.126. The second kappa shape index (κ2) is 4.77. The molecular formula is C19H15FN2O2. The van der Waals surface area contributed by atoms with Gasteiger partial charge in [0.2, 0.25) is 5.67 Å². The zero-order valence-corrected chi connectivity index (χ0v) is 13.3. The van der Waals surface area contributed by atoms with Crippen LogP contribution in [-0.4, -0.2) is 17.5 Å². The second-order valence-corrected chi connectivity index (χ2v) is 6.02. The Kier molecular flexibility index (Phi) is 2.91. The minimum atomic E-state index is -2.47. The fraction of sp³-hybridized carbons (Fsp3) is 0.158. The van der Waals surface area contributed by atoms with Crippen LogP contribution in [0.1, 0.15) is 11.1 Å². The van der Waals surface area contributed by atoms with Crippen molar-refractivity contribution in [1.82, 2.24) is 4.57 Å². The van der Waals surface area contributed by atoms with Crippen molar-refractivity contribution in [1.29, 1.82) is 0 Å². The third-order valence-corrected chi connectivity index (χ3v) is 4.74. The number of rotatable bonds is 1. The number of carbonyl (C=O) groups excluding carboxylic acids is 1. The number of carbonyl (C=O) groups is 1. The van der Waals surface area contributed by atoms with Gasteiger partial charge < -0.3 is 9.47 Å². The first kappa shape index (κ1) is 14.6. The van der Waals surface area contributed by atoms with E-state index in [-0.39, 0.29) is 11.1 Å². The molecule has 0 bridgehead atoms. The fourth-order valence-electron chi connectivity index (χ4n) is 3.44. The summed E-state index contributed by atoms with van der Waals surface area (Å²) in [5.41, 5.74) is -1.73. The number of fused-ring (bicyclic) bond motifs is 2. The molecule has 4 rings (SSSR count). The molecule has 1 aliphatic rings. The van der Waals surface area contributed by atoms with Gasteiger partial charge in [0.1, 0.15) is 0 Å². The monoisotopic (exact) mass is 322 g/mol. The van der Waals surface area contributed by atoms with E-state index in [1.54, 1.807) is 43.4 Å². The summed E-state index contributed by atoms with van der Waals surface area (Å²) in [6, 6.07) is 15.4. The largest absolute Gasteiger partial charge is 0.312 e. The summed E-state index contributed by atoms with van der Waals surface area (Å²) in [7, 11) is 3.11. The Morgan fingerprint density at radius 2 is 1.58 bits per heavy atom. The molecule has 0 radical (unpaired) electrons. The Hall–Kier alpha value is -2.95. The van der Waals surface area contributed by atoms with Crippen LogP contribution in [0.4, 0.5) is 10.1 Å². The predicted molar refractivity (Wildman–Crippen MR) is 90.9 cm³/mol. The summed E-state index contributed by atoms with van der Waals surface area (Å²) in [6.07, 6.45) is 0. The summed E-state index contributed by atoms with van der Waals surface area (Å²) < 4.78 is 17.4. The summed E-state index contributed by atoms with van der Waals surface area (Å²) in [6.45, 7) is 0. The number of nitrogens with zero attached hydrogens (tertiary/aromatic N) is 2. The zero-order chi connectivity index (χ0) is 17.1.